The zero-order valence-corrected chi connectivity index (χ0v) is 12.3. The van der Waals surface area contributed by atoms with E-state index in [2.05, 4.69) is 50.5 Å². The van der Waals surface area contributed by atoms with Crippen LogP contribution in [0.25, 0.3) is 0 Å². The van der Waals surface area contributed by atoms with Crippen molar-refractivity contribution >= 4 is 11.3 Å². The Bertz CT molecular complexity index is 342. The highest BCUT2D eigenvalue weighted by atomic mass is 32.1. The summed E-state index contributed by atoms with van der Waals surface area (Å²) in [5, 5.41) is 5.99. The largest absolute Gasteiger partial charge is 0.307 e. The van der Waals surface area contributed by atoms with Crippen molar-refractivity contribution in [2.75, 3.05) is 0 Å². The quantitative estimate of drug-likeness (QED) is 0.827. The molecule has 1 nitrogen and oxygen atoms in total. The molecule has 1 fully saturated rings. The highest BCUT2D eigenvalue weighted by Crippen LogP contribution is 2.39. The minimum absolute atomic E-state index is 0.501. The molecule has 0 amide bonds. The van der Waals surface area contributed by atoms with E-state index >= 15 is 0 Å². The van der Waals surface area contributed by atoms with Gasteiger partial charge in [0.1, 0.15) is 0 Å². The molecule has 2 rings (SSSR count). The van der Waals surface area contributed by atoms with Crippen molar-refractivity contribution in [3.05, 3.63) is 22.4 Å². The van der Waals surface area contributed by atoms with Crippen molar-refractivity contribution in [2.24, 2.45) is 11.3 Å². The molecule has 1 N–H and O–H groups in total. The molecule has 0 spiro atoms. The average molecular weight is 251 g/mol. The van der Waals surface area contributed by atoms with Gasteiger partial charge in [-0.2, -0.15) is 0 Å². The van der Waals surface area contributed by atoms with E-state index in [-0.39, 0.29) is 0 Å². The average Bonchev–Trinajstić information content (AvgIpc) is 2.65. The standard InChI is InChI=1S/C15H25NS/c1-11-8-13(10-15(3,4)9-11)16-12(2)14-6-5-7-17-14/h5-7,11-13,16H,8-10H2,1-4H3/t11?,12-,13?/m1/s1. The molecule has 1 aromatic heterocycles. The Kier molecular flexibility index (Phi) is 3.94. The Labute approximate surface area is 110 Å². The number of hydrogen-bond donors (Lipinski definition) is 1. The van der Waals surface area contributed by atoms with Crippen LogP contribution in [-0.2, 0) is 0 Å². The molecule has 1 aromatic rings. The molecule has 1 heterocycles. The van der Waals surface area contributed by atoms with E-state index in [4.69, 9.17) is 0 Å². The highest BCUT2D eigenvalue weighted by Gasteiger charge is 2.32. The summed E-state index contributed by atoms with van der Waals surface area (Å²) in [7, 11) is 0. The molecule has 17 heavy (non-hydrogen) atoms. The van der Waals surface area contributed by atoms with Gasteiger partial charge in [0, 0.05) is 17.0 Å². The van der Waals surface area contributed by atoms with Gasteiger partial charge in [0.15, 0.2) is 0 Å². The first kappa shape index (κ1) is 13.1. The second-order valence-corrected chi connectivity index (χ2v) is 7.49. The first-order chi connectivity index (χ1) is 7.96. The van der Waals surface area contributed by atoms with Crippen LogP contribution in [0.2, 0.25) is 0 Å². The summed E-state index contributed by atoms with van der Waals surface area (Å²) in [5.41, 5.74) is 0.504. The Hall–Kier alpha value is -0.340. The predicted octanol–water partition coefficient (Wildman–Crippen LogP) is 4.61. The number of nitrogens with one attached hydrogen (secondary N) is 1. The van der Waals surface area contributed by atoms with Crippen LogP contribution in [0.3, 0.4) is 0 Å². The SMILES string of the molecule is CC1CC(N[C@H](C)c2cccs2)CC(C)(C)C1. The molecule has 3 atom stereocenters. The first-order valence-electron chi connectivity index (χ1n) is 6.76. The maximum atomic E-state index is 3.82. The van der Waals surface area contributed by atoms with Crippen LogP contribution in [-0.4, -0.2) is 6.04 Å². The molecular weight excluding hydrogens is 226 g/mol. The lowest BCUT2D eigenvalue weighted by molar-refractivity contribution is 0.146. The summed E-state index contributed by atoms with van der Waals surface area (Å²) in [4.78, 5) is 1.46. The van der Waals surface area contributed by atoms with Gasteiger partial charge in [-0.25, -0.2) is 0 Å². The van der Waals surface area contributed by atoms with Crippen molar-refractivity contribution < 1.29 is 0 Å². The van der Waals surface area contributed by atoms with E-state index in [1.54, 1.807) is 0 Å². The van der Waals surface area contributed by atoms with E-state index in [1.807, 2.05) is 11.3 Å². The zero-order valence-electron chi connectivity index (χ0n) is 11.5. The molecule has 1 aliphatic carbocycles. The van der Waals surface area contributed by atoms with E-state index in [1.165, 1.54) is 24.1 Å². The van der Waals surface area contributed by atoms with Crippen molar-refractivity contribution in [1.82, 2.24) is 5.32 Å². The summed E-state index contributed by atoms with van der Waals surface area (Å²) in [6.07, 6.45) is 4.02. The van der Waals surface area contributed by atoms with E-state index in [0.717, 1.165) is 5.92 Å². The summed E-state index contributed by atoms with van der Waals surface area (Å²) in [6, 6.07) is 5.57. The topological polar surface area (TPSA) is 12.0 Å². The van der Waals surface area contributed by atoms with E-state index in [0.29, 0.717) is 17.5 Å². The van der Waals surface area contributed by atoms with Gasteiger partial charge in [-0.3, -0.25) is 0 Å². The maximum absolute atomic E-state index is 3.82. The lowest BCUT2D eigenvalue weighted by Crippen LogP contribution is -2.41. The van der Waals surface area contributed by atoms with Crippen LogP contribution in [0.15, 0.2) is 17.5 Å². The first-order valence-corrected chi connectivity index (χ1v) is 7.64. The number of rotatable bonds is 3. The van der Waals surface area contributed by atoms with Gasteiger partial charge < -0.3 is 5.32 Å². The molecular formula is C15H25NS. The molecule has 0 aliphatic heterocycles. The Balaban J connectivity index is 1.94. The third kappa shape index (κ3) is 3.56. The van der Waals surface area contributed by atoms with Gasteiger partial charge in [0.25, 0.3) is 0 Å². The molecule has 0 bridgehead atoms. The minimum atomic E-state index is 0.501. The fourth-order valence-electron chi connectivity index (χ4n) is 3.45. The molecule has 2 heteroatoms. The van der Waals surface area contributed by atoms with Crippen LogP contribution in [0.4, 0.5) is 0 Å². The van der Waals surface area contributed by atoms with Gasteiger partial charge in [-0.05, 0) is 49.0 Å². The van der Waals surface area contributed by atoms with Gasteiger partial charge in [-0.1, -0.05) is 26.8 Å². The summed E-state index contributed by atoms with van der Waals surface area (Å²) in [5.74, 6) is 0.854. The summed E-state index contributed by atoms with van der Waals surface area (Å²) < 4.78 is 0. The Morgan fingerprint density at radius 2 is 2.18 bits per heavy atom. The maximum Gasteiger partial charge on any atom is 0.0388 e. The molecule has 0 aromatic carbocycles. The molecule has 0 radical (unpaired) electrons. The fourth-order valence-corrected chi connectivity index (χ4v) is 4.19. The van der Waals surface area contributed by atoms with Gasteiger partial charge in [0.05, 0.1) is 0 Å². The second kappa shape index (κ2) is 5.11. The lowest BCUT2D eigenvalue weighted by Gasteiger charge is -2.40. The van der Waals surface area contributed by atoms with E-state index < -0.39 is 0 Å². The third-order valence-electron chi connectivity index (χ3n) is 3.84. The predicted molar refractivity (Wildman–Crippen MR) is 76.5 cm³/mol. The highest BCUT2D eigenvalue weighted by molar-refractivity contribution is 7.10. The molecule has 96 valence electrons. The Morgan fingerprint density at radius 1 is 1.41 bits per heavy atom. The van der Waals surface area contributed by atoms with Crippen molar-refractivity contribution in [3.63, 3.8) is 0 Å². The molecule has 1 saturated carbocycles. The van der Waals surface area contributed by atoms with Crippen LogP contribution in [0, 0.1) is 11.3 Å². The van der Waals surface area contributed by atoms with Crippen LogP contribution >= 0.6 is 11.3 Å². The fraction of sp³-hybridized carbons (Fsp3) is 0.733. The smallest absolute Gasteiger partial charge is 0.0388 e. The molecule has 1 aliphatic rings. The summed E-state index contributed by atoms with van der Waals surface area (Å²) >= 11 is 1.86. The number of thiophene rings is 1. The van der Waals surface area contributed by atoms with Crippen LogP contribution in [0.1, 0.15) is 57.9 Å². The van der Waals surface area contributed by atoms with Crippen molar-refractivity contribution in [2.45, 2.75) is 59.0 Å². The second-order valence-electron chi connectivity index (χ2n) is 6.51. The van der Waals surface area contributed by atoms with Crippen LogP contribution in [0.5, 0.6) is 0 Å². The van der Waals surface area contributed by atoms with Gasteiger partial charge >= 0.3 is 0 Å². The summed E-state index contributed by atoms with van der Waals surface area (Å²) in [6.45, 7) is 9.50. The molecule has 0 saturated heterocycles. The normalized spacial score (nSPS) is 30.1. The minimum Gasteiger partial charge on any atom is -0.307 e. The van der Waals surface area contributed by atoms with Gasteiger partial charge in [0.2, 0.25) is 0 Å². The monoisotopic (exact) mass is 251 g/mol. The van der Waals surface area contributed by atoms with Crippen molar-refractivity contribution in [1.29, 1.82) is 0 Å². The van der Waals surface area contributed by atoms with E-state index in [9.17, 15) is 0 Å². The van der Waals surface area contributed by atoms with Gasteiger partial charge in [-0.15, -0.1) is 11.3 Å². The molecule has 2 unspecified atom stereocenters. The Morgan fingerprint density at radius 3 is 2.76 bits per heavy atom. The van der Waals surface area contributed by atoms with Crippen molar-refractivity contribution in [3.8, 4) is 0 Å². The number of hydrogen-bond acceptors (Lipinski definition) is 2. The zero-order chi connectivity index (χ0) is 12.5. The van der Waals surface area contributed by atoms with Crippen LogP contribution < -0.4 is 5.32 Å². The third-order valence-corrected chi connectivity index (χ3v) is 4.90. The lowest BCUT2D eigenvalue weighted by atomic mass is 9.70.